The van der Waals surface area contributed by atoms with Gasteiger partial charge in [-0.3, -0.25) is 18.7 Å². The van der Waals surface area contributed by atoms with E-state index in [0.717, 1.165) is 18.6 Å². The number of likely N-dealkylation sites (N-methyl/N-ethyl adjacent to an activating group) is 1. The fourth-order valence-electron chi connectivity index (χ4n) is 3.49. The lowest BCUT2D eigenvalue weighted by molar-refractivity contribution is -0.134. The Morgan fingerprint density at radius 2 is 1.71 bits per heavy atom. The zero-order valence-electron chi connectivity index (χ0n) is 16.8. The molecule has 28 heavy (non-hydrogen) atoms. The van der Waals surface area contributed by atoms with Gasteiger partial charge in [0.1, 0.15) is 5.82 Å². The Labute approximate surface area is 163 Å². The van der Waals surface area contributed by atoms with Gasteiger partial charge in [0.05, 0.1) is 5.52 Å². The quantitative estimate of drug-likeness (QED) is 0.788. The van der Waals surface area contributed by atoms with E-state index in [4.69, 9.17) is 0 Å². The topological polar surface area (TPSA) is 92.5 Å². The highest BCUT2D eigenvalue weighted by molar-refractivity contribution is 5.93. The van der Waals surface area contributed by atoms with Crippen LogP contribution in [0.25, 0.3) is 11.2 Å². The average molecular weight is 388 g/mol. The maximum atomic E-state index is 12.4. The second kappa shape index (κ2) is 8.55. The number of anilines is 1. The zero-order valence-corrected chi connectivity index (χ0v) is 16.8. The van der Waals surface area contributed by atoms with Crippen LogP contribution in [0.15, 0.2) is 16.9 Å². The van der Waals surface area contributed by atoms with Crippen LogP contribution < -0.4 is 11.0 Å². The Morgan fingerprint density at radius 1 is 1.04 bits per heavy atom. The van der Waals surface area contributed by atoms with Gasteiger partial charge < -0.3 is 15.1 Å². The third-order valence-corrected chi connectivity index (χ3v) is 5.18. The van der Waals surface area contributed by atoms with Crippen LogP contribution in [0.2, 0.25) is 0 Å². The maximum absolute atomic E-state index is 12.4. The van der Waals surface area contributed by atoms with Crippen molar-refractivity contribution in [2.24, 2.45) is 0 Å². The van der Waals surface area contributed by atoms with Gasteiger partial charge in [0.2, 0.25) is 11.8 Å². The number of piperazine rings is 1. The normalized spacial score (nSPS) is 15.2. The molecule has 0 aromatic carbocycles. The highest BCUT2D eigenvalue weighted by atomic mass is 16.2. The molecule has 1 aliphatic heterocycles. The van der Waals surface area contributed by atoms with Crippen LogP contribution in [0.5, 0.6) is 0 Å². The minimum absolute atomic E-state index is 0.00602. The summed E-state index contributed by atoms with van der Waals surface area (Å²) in [7, 11) is 2.03. The zero-order chi connectivity index (χ0) is 20.3. The number of amides is 2. The van der Waals surface area contributed by atoms with Crippen LogP contribution >= 0.6 is 0 Å². The van der Waals surface area contributed by atoms with E-state index in [9.17, 15) is 14.4 Å². The molecule has 0 saturated carbocycles. The molecular formula is C19H28N6O3. The maximum Gasteiger partial charge on any atom is 0.330 e. The largest absolute Gasteiger partial charge is 0.340 e. The molecule has 1 fully saturated rings. The van der Waals surface area contributed by atoms with Crippen molar-refractivity contribution < 1.29 is 9.59 Å². The molecule has 152 valence electrons. The minimum atomic E-state index is -0.255. The molecule has 2 aromatic heterocycles. The van der Waals surface area contributed by atoms with E-state index in [0.29, 0.717) is 37.6 Å². The number of hydrogen-bond donors (Lipinski definition) is 1. The first-order valence-electron chi connectivity index (χ1n) is 9.80. The van der Waals surface area contributed by atoms with Crippen molar-refractivity contribution >= 4 is 28.8 Å². The number of hydrogen-bond acceptors (Lipinski definition) is 5. The van der Waals surface area contributed by atoms with Gasteiger partial charge in [0.25, 0.3) is 0 Å². The fourth-order valence-corrected chi connectivity index (χ4v) is 3.49. The third kappa shape index (κ3) is 4.09. The summed E-state index contributed by atoms with van der Waals surface area (Å²) in [6, 6.07) is 3.48. The van der Waals surface area contributed by atoms with Crippen molar-refractivity contribution in [1.82, 2.24) is 23.9 Å². The molecular weight excluding hydrogens is 360 g/mol. The SMILES string of the molecule is CCn1c(=O)n(CC)c2nc(NC(=O)CCC(=O)N3CCN(C)CC3)ccc21. The highest BCUT2D eigenvalue weighted by Crippen LogP contribution is 2.15. The van der Waals surface area contributed by atoms with Crippen LogP contribution in [0.1, 0.15) is 26.7 Å². The predicted octanol–water partition coefficient (Wildman–Crippen LogP) is 0.731. The summed E-state index contributed by atoms with van der Waals surface area (Å²) in [4.78, 5) is 45.4. The number of fused-ring (bicyclic) bond motifs is 1. The van der Waals surface area contributed by atoms with Crippen LogP contribution in [-0.2, 0) is 22.7 Å². The smallest absolute Gasteiger partial charge is 0.330 e. The molecule has 1 saturated heterocycles. The van der Waals surface area contributed by atoms with Gasteiger partial charge in [-0.05, 0) is 33.0 Å². The molecule has 1 N–H and O–H groups in total. The predicted molar refractivity (Wildman–Crippen MR) is 107 cm³/mol. The highest BCUT2D eigenvalue weighted by Gasteiger charge is 2.20. The summed E-state index contributed by atoms with van der Waals surface area (Å²) >= 11 is 0. The summed E-state index contributed by atoms with van der Waals surface area (Å²) in [6.45, 7) is 8.00. The number of aromatic nitrogens is 3. The van der Waals surface area contributed by atoms with Crippen molar-refractivity contribution in [1.29, 1.82) is 0 Å². The third-order valence-electron chi connectivity index (χ3n) is 5.18. The number of aryl methyl sites for hydroxylation is 2. The summed E-state index contributed by atoms with van der Waals surface area (Å²) in [5.74, 6) is 0.140. The molecule has 9 heteroatoms. The summed E-state index contributed by atoms with van der Waals surface area (Å²) < 4.78 is 3.25. The number of nitrogens with zero attached hydrogens (tertiary/aromatic N) is 5. The molecule has 9 nitrogen and oxygen atoms in total. The number of imidazole rings is 1. The first kappa shape index (κ1) is 20.1. The first-order valence-corrected chi connectivity index (χ1v) is 9.80. The standard InChI is InChI=1S/C19H28N6O3/c1-4-24-14-6-7-15(21-18(14)25(5-2)19(24)28)20-16(26)8-9-17(27)23-12-10-22(3)11-13-23/h6-7H,4-5,8-13H2,1-3H3,(H,20,21,26). The lowest BCUT2D eigenvalue weighted by Gasteiger charge is -2.32. The van der Waals surface area contributed by atoms with Crippen LogP contribution in [0.4, 0.5) is 5.82 Å². The monoisotopic (exact) mass is 388 g/mol. The van der Waals surface area contributed by atoms with Crippen LogP contribution in [0, 0.1) is 0 Å². The van der Waals surface area contributed by atoms with Crippen LogP contribution in [-0.4, -0.2) is 69.0 Å². The van der Waals surface area contributed by atoms with Crippen molar-refractivity contribution in [2.75, 3.05) is 38.5 Å². The van der Waals surface area contributed by atoms with Gasteiger partial charge in [-0.2, -0.15) is 0 Å². The van der Waals surface area contributed by atoms with Gasteiger partial charge >= 0.3 is 5.69 Å². The van der Waals surface area contributed by atoms with Gasteiger partial charge in [-0.15, -0.1) is 0 Å². The van der Waals surface area contributed by atoms with Gasteiger partial charge in [0, 0.05) is 52.1 Å². The van der Waals surface area contributed by atoms with Crippen molar-refractivity contribution in [3.05, 3.63) is 22.6 Å². The van der Waals surface area contributed by atoms with Crippen molar-refractivity contribution in [2.45, 2.75) is 39.8 Å². The summed E-state index contributed by atoms with van der Waals surface area (Å²) in [6.07, 6.45) is 0.297. The Bertz CT molecular complexity index is 924. The molecule has 0 aliphatic carbocycles. The molecule has 0 atom stereocenters. The lowest BCUT2D eigenvalue weighted by Crippen LogP contribution is -2.47. The Morgan fingerprint density at radius 3 is 2.36 bits per heavy atom. The first-order chi connectivity index (χ1) is 13.4. The molecule has 1 aliphatic rings. The summed E-state index contributed by atoms with van der Waals surface area (Å²) in [5.41, 5.74) is 1.20. The second-order valence-corrected chi connectivity index (χ2v) is 7.04. The van der Waals surface area contributed by atoms with Crippen molar-refractivity contribution in [3.63, 3.8) is 0 Å². The van der Waals surface area contributed by atoms with Gasteiger partial charge in [-0.25, -0.2) is 9.78 Å². The van der Waals surface area contributed by atoms with E-state index in [1.54, 1.807) is 21.3 Å². The number of pyridine rings is 1. The molecule has 2 amide bonds. The minimum Gasteiger partial charge on any atom is -0.340 e. The Kier molecular flexibility index (Phi) is 6.13. The van der Waals surface area contributed by atoms with Crippen molar-refractivity contribution in [3.8, 4) is 0 Å². The van der Waals surface area contributed by atoms with E-state index in [-0.39, 0.29) is 30.3 Å². The Balaban J connectivity index is 1.63. The van der Waals surface area contributed by atoms with Gasteiger partial charge in [-0.1, -0.05) is 0 Å². The molecule has 3 heterocycles. The molecule has 0 radical (unpaired) electrons. The molecule has 3 rings (SSSR count). The van der Waals surface area contributed by atoms with Gasteiger partial charge in [0.15, 0.2) is 5.65 Å². The fraction of sp³-hybridized carbons (Fsp3) is 0.579. The Hall–Kier alpha value is -2.68. The molecule has 0 unspecified atom stereocenters. The second-order valence-electron chi connectivity index (χ2n) is 7.04. The van der Waals surface area contributed by atoms with E-state index >= 15 is 0 Å². The van der Waals surface area contributed by atoms with E-state index in [1.165, 1.54) is 0 Å². The lowest BCUT2D eigenvalue weighted by atomic mass is 10.2. The number of carbonyl (C=O) groups excluding carboxylic acids is 2. The molecule has 0 spiro atoms. The molecule has 0 bridgehead atoms. The number of nitrogens with one attached hydrogen (secondary N) is 1. The van der Waals surface area contributed by atoms with E-state index in [2.05, 4.69) is 15.2 Å². The van der Waals surface area contributed by atoms with E-state index in [1.807, 2.05) is 25.8 Å². The van der Waals surface area contributed by atoms with Crippen LogP contribution in [0.3, 0.4) is 0 Å². The average Bonchev–Trinajstić information content (AvgIpc) is 2.96. The number of carbonyl (C=O) groups is 2. The van der Waals surface area contributed by atoms with E-state index < -0.39 is 0 Å². The molecule has 2 aromatic rings. The number of rotatable bonds is 6. The summed E-state index contributed by atoms with van der Waals surface area (Å²) in [5, 5.41) is 2.74.